The molecular formula is C21H36N2. The lowest BCUT2D eigenvalue weighted by molar-refractivity contribution is 0.168. The third kappa shape index (κ3) is 2.88. The zero-order chi connectivity index (χ0) is 16.8. The molecule has 0 amide bonds. The molecule has 2 aliphatic carbocycles. The molecule has 1 heterocycles. The van der Waals surface area contributed by atoms with Crippen molar-refractivity contribution in [1.29, 1.82) is 0 Å². The van der Waals surface area contributed by atoms with Gasteiger partial charge in [0.05, 0.1) is 12.1 Å². The van der Waals surface area contributed by atoms with Gasteiger partial charge >= 0.3 is 0 Å². The Hall–Kier alpha value is -0.760. The molecule has 3 aliphatic rings. The van der Waals surface area contributed by atoms with Crippen molar-refractivity contribution in [3.8, 4) is 0 Å². The molecular weight excluding hydrogens is 280 g/mol. The molecule has 1 aliphatic heterocycles. The number of hydrogen-bond donors (Lipinski definition) is 1. The van der Waals surface area contributed by atoms with Gasteiger partial charge in [-0.3, -0.25) is 0 Å². The number of piperidine rings is 1. The van der Waals surface area contributed by atoms with E-state index in [1.165, 1.54) is 56.3 Å². The van der Waals surface area contributed by atoms with E-state index in [1.54, 1.807) is 0 Å². The molecule has 3 rings (SSSR count). The van der Waals surface area contributed by atoms with Crippen molar-refractivity contribution in [3.63, 3.8) is 0 Å². The molecule has 3 fully saturated rings. The molecule has 1 N–H and O–H groups in total. The predicted octanol–water partition coefficient (Wildman–Crippen LogP) is 4.59. The van der Waals surface area contributed by atoms with Crippen molar-refractivity contribution in [1.82, 2.24) is 10.2 Å². The van der Waals surface area contributed by atoms with Crippen molar-refractivity contribution in [2.24, 2.45) is 23.2 Å². The van der Waals surface area contributed by atoms with Crippen LogP contribution in [0.4, 0.5) is 0 Å². The summed E-state index contributed by atoms with van der Waals surface area (Å²) in [4.78, 5) is 2.61. The van der Waals surface area contributed by atoms with Gasteiger partial charge in [-0.2, -0.15) is 0 Å². The first kappa shape index (κ1) is 17.1. The standard InChI is InChI=1S/C21H36N2/c1-14(2)19-18-15(3)17(18)13-23(19)16(4)20(22-6)21(5)11-9-7-8-10-12-21/h15,17-20,22H,1,4,7-13H2,2-3,5-6H3/t15?,17-,18+,19?,20?/m1/s1. The molecule has 0 aromatic heterocycles. The second kappa shape index (κ2) is 6.27. The van der Waals surface area contributed by atoms with Crippen LogP contribution in [0.15, 0.2) is 24.4 Å². The lowest BCUT2D eigenvalue weighted by Gasteiger charge is -2.44. The van der Waals surface area contributed by atoms with Crippen LogP contribution in [0.2, 0.25) is 0 Å². The molecule has 1 saturated heterocycles. The maximum absolute atomic E-state index is 4.59. The van der Waals surface area contributed by atoms with E-state index in [4.69, 9.17) is 0 Å². The Labute approximate surface area is 143 Å². The fourth-order valence-corrected chi connectivity index (χ4v) is 5.74. The Balaban J connectivity index is 1.78. The molecule has 5 atom stereocenters. The van der Waals surface area contributed by atoms with Crippen LogP contribution in [-0.2, 0) is 0 Å². The molecule has 0 aromatic carbocycles. The van der Waals surface area contributed by atoms with Crippen LogP contribution in [-0.4, -0.2) is 30.6 Å². The van der Waals surface area contributed by atoms with Crippen LogP contribution in [0.3, 0.4) is 0 Å². The van der Waals surface area contributed by atoms with E-state index in [-0.39, 0.29) is 0 Å². The van der Waals surface area contributed by atoms with Crippen molar-refractivity contribution in [3.05, 3.63) is 24.4 Å². The molecule has 130 valence electrons. The minimum atomic E-state index is 0.348. The fraction of sp³-hybridized carbons (Fsp3) is 0.810. The number of likely N-dealkylation sites (tertiary alicyclic amines) is 1. The van der Waals surface area contributed by atoms with Crippen molar-refractivity contribution in [2.75, 3.05) is 13.6 Å². The summed E-state index contributed by atoms with van der Waals surface area (Å²) in [6.07, 6.45) is 8.19. The third-order valence-corrected chi connectivity index (χ3v) is 7.18. The van der Waals surface area contributed by atoms with Gasteiger partial charge in [-0.1, -0.05) is 58.3 Å². The van der Waals surface area contributed by atoms with E-state index in [1.807, 2.05) is 0 Å². The minimum absolute atomic E-state index is 0.348. The van der Waals surface area contributed by atoms with E-state index >= 15 is 0 Å². The van der Waals surface area contributed by atoms with Gasteiger partial charge in [-0.25, -0.2) is 0 Å². The van der Waals surface area contributed by atoms with Crippen molar-refractivity contribution >= 4 is 0 Å². The largest absolute Gasteiger partial charge is 0.367 e. The van der Waals surface area contributed by atoms with Crippen molar-refractivity contribution < 1.29 is 0 Å². The van der Waals surface area contributed by atoms with Crippen LogP contribution in [0.1, 0.15) is 59.3 Å². The highest BCUT2D eigenvalue weighted by Crippen LogP contribution is 2.58. The zero-order valence-corrected chi connectivity index (χ0v) is 15.7. The lowest BCUT2D eigenvalue weighted by atomic mass is 9.74. The average molecular weight is 317 g/mol. The van der Waals surface area contributed by atoms with Gasteiger partial charge in [0.25, 0.3) is 0 Å². The summed E-state index contributed by atoms with van der Waals surface area (Å²) in [6, 6.07) is 0.919. The van der Waals surface area contributed by atoms with Gasteiger partial charge in [0.2, 0.25) is 0 Å². The smallest absolute Gasteiger partial charge is 0.0528 e. The van der Waals surface area contributed by atoms with E-state index < -0.39 is 0 Å². The summed E-state index contributed by atoms with van der Waals surface area (Å²) in [6.45, 7) is 17.2. The number of rotatable bonds is 5. The topological polar surface area (TPSA) is 15.3 Å². The van der Waals surface area contributed by atoms with Crippen LogP contribution < -0.4 is 5.32 Å². The van der Waals surface area contributed by atoms with Crippen LogP contribution in [0.5, 0.6) is 0 Å². The summed E-state index contributed by atoms with van der Waals surface area (Å²) in [5.41, 5.74) is 2.99. The van der Waals surface area contributed by atoms with Crippen LogP contribution >= 0.6 is 0 Å². The normalized spacial score (nSPS) is 37.0. The summed E-state index contributed by atoms with van der Waals surface area (Å²) in [5, 5.41) is 3.65. The Bertz CT molecular complexity index is 472. The van der Waals surface area contributed by atoms with Crippen LogP contribution in [0, 0.1) is 23.2 Å². The monoisotopic (exact) mass is 316 g/mol. The molecule has 23 heavy (non-hydrogen) atoms. The summed E-state index contributed by atoms with van der Waals surface area (Å²) in [5.74, 6) is 2.57. The fourth-order valence-electron chi connectivity index (χ4n) is 5.74. The maximum atomic E-state index is 4.59. The summed E-state index contributed by atoms with van der Waals surface area (Å²) in [7, 11) is 2.13. The quantitative estimate of drug-likeness (QED) is 0.589. The third-order valence-electron chi connectivity index (χ3n) is 7.18. The van der Waals surface area contributed by atoms with Gasteiger partial charge in [-0.05, 0) is 50.0 Å². The summed E-state index contributed by atoms with van der Waals surface area (Å²) >= 11 is 0. The number of nitrogens with one attached hydrogen (secondary N) is 1. The maximum Gasteiger partial charge on any atom is 0.0528 e. The molecule has 3 unspecified atom stereocenters. The van der Waals surface area contributed by atoms with E-state index in [0.29, 0.717) is 17.5 Å². The predicted molar refractivity (Wildman–Crippen MR) is 99.2 cm³/mol. The summed E-state index contributed by atoms with van der Waals surface area (Å²) < 4.78 is 0. The molecule has 2 saturated carbocycles. The van der Waals surface area contributed by atoms with Gasteiger partial charge < -0.3 is 10.2 Å². The van der Waals surface area contributed by atoms with Gasteiger partial charge in [0.1, 0.15) is 0 Å². The SMILES string of the molecule is C=C(C)C1[C@H]2C(C)[C@H]2CN1C(=C)C(NC)C1(C)CCCCCC1. The second-order valence-corrected chi connectivity index (χ2v) is 8.83. The van der Waals surface area contributed by atoms with E-state index in [2.05, 4.69) is 51.2 Å². The Morgan fingerprint density at radius 2 is 1.78 bits per heavy atom. The molecule has 2 heteroatoms. The molecule has 0 aromatic rings. The lowest BCUT2D eigenvalue weighted by Crippen LogP contribution is -2.49. The van der Waals surface area contributed by atoms with Gasteiger partial charge in [0, 0.05) is 12.2 Å². The molecule has 0 radical (unpaired) electrons. The highest BCUT2D eigenvalue weighted by molar-refractivity contribution is 5.26. The van der Waals surface area contributed by atoms with Gasteiger partial charge in [0.15, 0.2) is 0 Å². The molecule has 0 spiro atoms. The molecule has 2 nitrogen and oxygen atoms in total. The highest BCUT2D eigenvalue weighted by atomic mass is 15.2. The first-order valence-electron chi connectivity index (χ1n) is 9.69. The van der Waals surface area contributed by atoms with E-state index in [9.17, 15) is 0 Å². The number of likely N-dealkylation sites (N-methyl/N-ethyl adjacent to an activating group) is 1. The van der Waals surface area contributed by atoms with E-state index in [0.717, 1.165) is 17.8 Å². The molecule has 0 bridgehead atoms. The Kier molecular flexibility index (Phi) is 4.66. The first-order chi connectivity index (χ1) is 10.9. The average Bonchev–Trinajstić information content (AvgIpc) is 3.01. The number of nitrogens with zero attached hydrogens (tertiary/aromatic N) is 1. The van der Waals surface area contributed by atoms with Crippen molar-refractivity contribution in [2.45, 2.75) is 71.4 Å². The Morgan fingerprint density at radius 3 is 2.30 bits per heavy atom. The zero-order valence-electron chi connectivity index (χ0n) is 15.7. The van der Waals surface area contributed by atoms with Crippen LogP contribution in [0.25, 0.3) is 0 Å². The first-order valence-corrected chi connectivity index (χ1v) is 9.69. The Morgan fingerprint density at radius 1 is 1.17 bits per heavy atom. The van der Waals surface area contributed by atoms with Gasteiger partial charge in [-0.15, -0.1) is 0 Å². The minimum Gasteiger partial charge on any atom is -0.367 e. The number of hydrogen-bond acceptors (Lipinski definition) is 2. The highest BCUT2D eigenvalue weighted by Gasteiger charge is 2.59. The second-order valence-electron chi connectivity index (χ2n) is 8.83. The number of fused-ring (bicyclic) bond motifs is 1.